The van der Waals surface area contributed by atoms with Crippen LogP contribution in [0, 0.1) is 5.82 Å². The topological polar surface area (TPSA) is 54.0 Å². The standard InChI is InChI=1S/C15H15ClFN3O/c16-13-8-12(3-4-14(13)17)19-7-5-15(21)20-10-11-2-1-6-18-9-11/h1-4,6,8-9,19H,5,7,10H2,(H,20,21). The van der Waals surface area contributed by atoms with Gasteiger partial charge in [-0.15, -0.1) is 0 Å². The summed E-state index contributed by atoms with van der Waals surface area (Å²) in [6, 6.07) is 8.07. The highest BCUT2D eigenvalue weighted by Crippen LogP contribution is 2.19. The number of benzene rings is 1. The number of hydrogen-bond acceptors (Lipinski definition) is 3. The van der Waals surface area contributed by atoms with Gasteiger partial charge in [0.05, 0.1) is 5.02 Å². The van der Waals surface area contributed by atoms with Crippen molar-refractivity contribution in [2.75, 3.05) is 11.9 Å². The van der Waals surface area contributed by atoms with Crippen molar-refractivity contribution >= 4 is 23.2 Å². The number of carbonyl (C=O) groups is 1. The number of amides is 1. The van der Waals surface area contributed by atoms with Crippen LogP contribution in [0.25, 0.3) is 0 Å². The lowest BCUT2D eigenvalue weighted by molar-refractivity contribution is -0.121. The van der Waals surface area contributed by atoms with Gasteiger partial charge in [-0.05, 0) is 29.8 Å². The van der Waals surface area contributed by atoms with E-state index in [1.165, 1.54) is 12.1 Å². The molecule has 1 aromatic heterocycles. The number of rotatable bonds is 6. The van der Waals surface area contributed by atoms with Gasteiger partial charge in [0, 0.05) is 37.6 Å². The Bertz CT molecular complexity index is 607. The third-order valence-electron chi connectivity index (χ3n) is 2.81. The minimum Gasteiger partial charge on any atom is -0.384 e. The molecule has 0 saturated heterocycles. The van der Waals surface area contributed by atoms with Crippen LogP contribution in [-0.4, -0.2) is 17.4 Å². The Morgan fingerprint density at radius 3 is 2.90 bits per heavy atom. The number of carbonyl (C=O) groups excluding carboxylic acids is 1. The predicted molar refractivity (Wildman–Crippen MR) is 80.6 cm³/mol. The molecule has 6 heteroatoms. The molecule has 0 radical (unpaired) electrons. The van der Waals surface area contributed by atoms with Gasteiger partial charge in [0.2, 0.25) is 5.91 Å². The van der Waals surface area contributed by atoms with Gasteiger partial charge >= 0.3 is 0 Å². The molecular formula is C15H15ClFN3O. The molecule has 0 aliphatic carbocycles. The number of pyridine rings is 1. The van der Waals surface area contributed by atoms with E-state index >= 15 is 0 Å². The van der Waals surface area contributed by atoms with Crippen molar-refractivity contribution in [1.29, 1.82) is 0 Å². The molecule has 1 aromatic carbocycles. The van der Waals surface area contributed by atoms with Crippen molar-refractivity contribution in [2.45, 2.75) is 13.0 Å². The van der Waals surface area contributed by atoms with Crippen molar-refractivity contribution < 1.29 is 9.18 Å². The molecule has 110 valence electrons. The molecular weight excluding hydrogens is 293 g/mol. The maximum absolute atomic E-state index is 13.0. The first-order valence-electron chi connectivity index (χ1n) is 6.49. The van der Waals surface area contributed by atoms with E-state index in [9.17, 15) is 9.18 Å². The average Bonchev–Trinajstić information content (AvgIpc) is 2.50. The van der Waals surface area contributed by atoms with Crippen molar-refractivity contribution in [3.8, 4) is 0 Å². The van der Waals surface area contributed by atoms with E-state index in [-0.39, 0.29) is 10.9 Å². The van der Waals surface area contributed by atoms with E-state index < -0.39 is 5.82 Å². The lowest BCUT2D eigenvalue weighted by atomic mass is 10.2. The maximum atomic E-state index is 13.0. The highest BCUT2D eigenvalue weighted by Gasteiger charge is 2.03. The summed E-state index contributed by atoms with van der Waals surface area (Å²) in [5.74, 6) is -0.531. The molecule has 2 rings (SSSR count). The molecule has 0 spiro atoms. The lowest BCUT2D eigenvalue weighted by Crippen LogP contribution is -2.24. The number of halogens is 2. The van der Waals surface area contributed by atoms with Gasteiger partial charge in [0.25, 0.3) is 0 Å². The van der Waals surface area contributed by atoms with E-state index in [0.717, 1.165) is 5.56 Å². The van der Waals surface area contributed by atoms with Gasteiger partial charge in [0.15, 0.2) is 0 Å². The normalized spacial score (nSPS) is 10.2. The van der Waals surface area contributed by atoms with Gasteiger partial charge in [-0.2, -0.15) is 0 Å². The van der Waals surface area contributed by atoms with Gasteiger partial charge in [0.1, 0.15) is 5.82 Å². The zero-order valence-electron chi connectivity index (χ0n) is 11.3. The minimum absolute atomic E-state index is 0.0565. The van der Waals surface area contributed by atoms with Crippen molar-refractivity contribution in [3.63, 3.8) is 0 Å². The summed E-state index contributed by atoms with van der Waals surface area (Å²) in [5, 5.41) is 5.87. The zero-order chi connectivity index (χ0) is 15.1. The van der Waals surface area contributed by atoms with E-state index in [1.807, 2.05) is 12.1 Å². The van der Waals surface area contributed by atoms with E-state index in [0.29, 0.717) is 25.2 Å². The Morgan fingerprint density at radius 1 is 1.33 bits per heavy atom. The van der Waals surface area contributed by atoms with Crippen LogP contribution >= 0.6 is 11.6 Å². The summed E-state index contributed by atoms with van der Waals surface area (Å²) < 4.78 is 13.0. The third-order valence-corrected chi connectivity index (χ3v) is 3.10. The Labute approximate surface area is 127 Å². The summed E-state index contributed by atoms with van der Waals surface area (Å²) in [4.78, 5) is 15.6. The molecule has 0 aliphatic heterocycles. The van der Waals surface area contributed by atoms with E-state index in [1.54, 1.807) is 18.5 Å². The second kappa shape index (κ2) is 7.59. The molecule has 1 amide bonds. The summed E-state index contributed by atoms with van der Waals surface area (Å²) >= 11 is 5.67. The first-order chi connectivity index (χ1) is 10.1. The third kappa shape index (κ3) is 5.04. The molecule has 21 heavy (non-hydrogen) atoms. The lowest BCUT2D eigenvalue weighted by Gasteiger charge is -2.08. The Morgan fingerprint density at radius 2 is 2.19 bits per heavy atom. The van der Waals surface area contributed by atoms with Crippen LogP contribution in [0.1, 0.15) is 12.0 Å². The molecule has 0 aliphatic rings. The summed E-state index contributed by atoms with van der Waals surface area (Å²) in [7, 11) is 0. The second-order valence-electron chi connectivity index (χ2n) is 4.44. The fourth-order valence-corrected chi connectivity index (χ4v) is 1.90. The predicted octanol–water partition coefficient (Wildman–Crippen LogP) is 2.99. The molecule has 0 atom stereocenters. The highest BCUT2D eigenvalue weighted by molar-refractivity contribution is 6.31. The Balaban J connectivity index is 1.70. The molecule has 1 heterocycles. The molecule has 0 bridgehead atoms. The molecule has 0 saturated carbocycles. The van der Waals surface area contributed by atoms with Crippen molar-refractivity contribution in [1.82, 2.24) is 10.3 Å². The summed E-state index contributed by atoms with van der Waals surface area (Å²) in [5.41, 5.74) is 1.63. The van der Waals surface area contributed by atoms with Crippen LogP contribution in [0.15, 0.2) is 42.7 Å². The van der Waals surface area contributed by atoms with Gasteiger partial charge in [-0.3, -0.25) is 9.78 Å². The van der Waals surface area contributed by atoms with Crippen LogP contribution in [0.4, 0.5) is 10.1 Å². The minimum atomic E-state index is -0.462. The van der Waals surface area contributed by atoms with Gasteiger partial charge in [-0.25, -0.2) is 4.39 Å². The highest BCUT2D eigenvalue weighted by atomic mass is 35.5. The maximum Gasteiger partial charge on any atom is 0.222 e. The monoisotopic (exact) mass is 307 g/mol. The smallest absolute Gasteiger partial charge is 0.222 e. The van der Waals surface area contributed by atoms with Gasteiger partial charge in [-0.1, -0.05) is 17.7 Å². The molecule has 2 N–H and O–H groups in total. The SMILES string of the molecule is O=C(CCNc1ccc(F)c(Cl)c1)NCc1cccnc1. The number of nitrogens with zero attached hydrogens (tertiary/aromatic N) is 1. The number of aromatic nitrogens is 1. The van der Waals surface area contributed by atoms with E-state index in [4.69, 9.17) is 11.6 Å². The second-order valence-corrected chi connectivity index (χ2v) is 4.85. The average molecular weight is 308 g/mol. The van der Waals surface area contributed by atoms with Crippen LogP contribution in [0.5, 0.6) is 0 Å². The molecule has 2 aromatic rings. The van der Waals surface area contributed by atoms with Crippen LogP contribution in [0.3, 0.4) is 0 Å². The number of nitrogens with one attached hydrogen (secondary N) is 2. The molecule has 0 unspecified atom stereocenters. The largest absolute Gasteiger partial charge is 0.384 e. The fraction of sp³-hybridized carbons (Fsp3) is 0.200. The number of anilines is 1. The quantitative estimate of drug-likeness (QED) is 0.862. The molecule has 4 nitrogen and oxygen atoms in total. The summed E-state index contributed by atoms with van der Waals surface area (Å²) in [6.07, 6.45) is 3.71. The first-order valence-corrected chi connectivity index (χ1v) is 6.87. The Hall–Kier alpha value is -2.14. The fourth-order valence-electron chi connectivity index (χ4n) is 1.72. The van der Waals surface area contributed by atoms with Crippen molar-refractivity contribution in [3.05, 3.63) is 59.1 Å². The van der Waals surface area contributed by atoms with Crippen LogP contribution in [0.2, 0.25) is 5.02 Å². The molecule has 0 fully saturated rings. The Kier molecular flexibility index (Phi) is 5.51. The first kappa shape index (κ1) is 15.3. The van der Waals surface area contributed by atoms with E-state index in [2.05, 4.69) is 15.6 Å². The van der Waals surface area contributed by atoms with Crippen LogP contribution in [-0.2, 0) is 11.3 Å². The van der Waals surface area contributed by atoms with Gasteiger partial charge < -0.3 is 10.6 Å². The zero-order valence-corrected chi connectivity index (χ0v) is 12.0. The summed E-state index contributed by atoms with van der Waals surface area (Å²) in [6.45, 7) is 0.899. The van der Waals surface area contributed by atoms with Crippen LogP contribution < -0.4 is 10.6 Å². The number of hydrogen-bond donors (Lipinski definition) is 2. The van der Waals surface area contributed by atoms with Crippen molar-refractivity contribution in [2.24, 2.45) is 0 Å².